The lowest BCUT2D eigenvalue weighted by Gasteiger charge is -2.30. The molecule has 0 radical (unpaired) electrons. The minimum absolute atomic E-state index is 0.0189. The van der Waals surface area contributed by atoms with Crippen LogP contribution in [-0.2, 0) is 11.2 Å². The maximum Gasteiger partial charge on any atom is 0.256 e. The van der Waals surface area contributed by atoms with Crippen molar-refractivity contribution in [2.24, 2.45) is 5.41 Å². The van der Waals surface area contributed by atoms with E-state index in [0.717, 1.165) is 28.1 Å². The second kappa shape index (κ2) is 6.99. The summed E-state index contributed by atoms with van der Waals surface area (Å²) < 4.78 is 0. The summed E-state index contributed by atoms with van der Waals surface area (Å²) in [6, 6.07) is 7.38. The molecule has 5 heteroatoms. The number of aromatic nitrogens is 1. The van der Waals surface area contributed by atoms with E-state index in [4.69, 9.17) is 0 Å². The predicted molar refractivity (Wildman–Crippen MR) is 109 cm³/mol. The molecular weight excluding hydrogens is 338 g/mol. The number of hydrogen-bond donors (Lipinski definition) is 2. The molecule has 0 bridgehead atoms. The van der Waals surface area contributed by atoms with E-state index in [2.05, 4.69) is 15.6 Å². The summed E-state index contributed by atoms with van der Waals surface area (Å²) in [4.78, 5) is 29.3. The van der Waals surface area contributed by atoms with Gasteiger partial charge in [-0.25, -0.2) is 0 Å². The van der Waals surface area contributed by atoms with Crippen molar-refractivity contribution in [3.8, 4) is 0 Å². The van der Waals surface area contributed by atoms with Gasteiger partial charge in [0.1, 0.15) is 0 Å². The van der Waals surface area contributed by atoms with Crippen LogP contribution in [0.2, 0.25) is 0 Å². The van der Waals surface area contributed by atoms with Gasteiger partial charge in [0.25, 0.3) is 5.91 Å². The lowest BCUT2D eigenvalue weighted by Crippen LogP contribution is -2.37. The van der Waals surface area contributed by atoms with Crippen LogP contribution in [0, 0.1) is 12.3 Å². The average molecular weight is 363 g/mol. The number of carbonyl (C=O) groups is 2. The zero-order valence-electron chi connectivity index (χ0n) is 16.4. The quantitative estimate of drug-likeness (QED) is 0.838. The Morgan fingerprint density at radius 2 is 2.00 bits per heavy atom. The van der Waals surface area contributed by atoms with Crippen molar-refractivity contribution in [2.75, 3.05) is 10.6 Å². The van der Waals surface area contributed by atoms with E-state index in [9.17, 15) is 9.59 Å². The molecule has 2 aromatic rings. The third-order valence-corrected chi connectivity index (χ3v) is 4.62. The molecule has 1 aromatic carbocycles. The van der Waals surface area contributed by atoms with Gasteiger partial charge in [-0.05, 0) is 57.0 Å². The lowest BCUT2D eigenvalue weighted by atomic mass is 9.81. The highest BCUT2D eigenvalue weighted by Crippen LogP contribution is 2.34. The molecule has 1 aromatic heterocycles. The summed E-state index contributed by atoms with van der Waals surface area (Å²) >= 11 is 0. The molecular formula is C22H25N3O2. The van der Waals surface area contributed by atoms with Gasteiger partial charge in [0.2, 0.25) is 5.91 Å². The van der Waals surface area contributed by atoms with E-state index >= 15 is 0 Å². The fourth-order valence-corrected chi connectivity index (χ4v) is 3.18. The Hall–Kier alpha value is -2.95. The molecule has 0 atom stereocenters. The van der Waals surface area contributed by atoms with Gasteiger partial charge in [0.15, 0.2) is 0 Å². The number of carbonyl (C=O) groups excluding carboxylic acids is 2. The van der Waals surface area contributed by atoms with Crippen molar-refractivity contribution in [3.63, 3.8) is 0 Å². The van der Waals surface area contributed by atoms with Gasteiger partial charge in [-0.15, -0.1) is 0 Å². The standard InChI is InChI=1S/C22H25N3O2/c1-13(2)8-16-12-23-14(3)9-18(16)20(26)24-17-6-7-19-15(10-17)11-22(4,5)21(27)25-19/h6-10,12H,11H2,1-5H3,(H,24,26)(H,25,27). The predicted octanol–water partition coefficient (Wildman–Crippen LogP) is 4.59. The Labute approximate surface area is 159 Å². The van der Waals surface area contributed by atoms with Crippen LogP contribution in [-0.4, -0.2) is 16.8 Å². The van der Waals surface area contributed by atoms with Crippen LogP contribution in [0.5, 0.6) is 0 Å². The Morgan fingerprint density at radius 3 is 2.70 bits per heavy atom. The van der Waals surface area contributed by atoms with Crippen molar-refractivity contribution >= 4 is 29.3 Å². The van der Waals surface area contributed by atoms with Gasteiger partial charge < -0.3 is 10.6 Å². The van der Waals surface area contributed by atoms with Gasteiger partial charge in [0.05, 0.1) is 5.56 Å². The van der Waals surface area contributed by atoms with E-state index < -0.39 is 5.41 Å². The number of pyridine rings is 1. The monoisotopic (exact) mass is 363 g/mol. The molecule has 140 valence electrons. The second-order valence-electron chi connectivity index (χ2n) is 7.98. The van der Waals surface area contributed by atoms with Gasteiger partial charge in [-0.1, -0.05) is 25.5 Å². The van der Waals surface area contributed by atoms with Crippen LogP contribution in [0.3, 0.4) is 0 Å². The van der Waals surface area contributed by atoms with Gasteiger partial charge in [-0.3, -0.25) is 14.6 Å². The van der Waals surface area contributed by atoms with Crippen molar-refractivity contribution in [2.45, 2.75) is 41.0 Å². The molecule has 0 aliphatic carbocycles. The van der Waals surface area contributed by atoms with Crippen LogP contribution in [0.15, 0.2) is 36.0 Å². The van der Waals surface area contributed by atoms with Crippen molar-refractivity contribution in [1.29, 1.82) is 0 Å². The van der Waals surface area contributed by atoms with Crippen LogP contribution in [0.25, 0.3) is 6.08 Å². The Morgan fingerprint density at radius 1 is 1.26 bits per heavy atom. The number of aryl methyl sites for hydroxylation is 1. The van der Waals surface area contributed by atoms with E-state index in [-0.39, 0.29) is 11.8 Å². The molecule has 5 nitrogen and oxygen atoms in total. The zero-order valence-corrected chi connectivity index (χ0v) is 16.4. The lowest BCUT2D eigenvalue weighted by molar-refractivity contribution is -0.124. The molecule has 0 unspecified atom stereocenters. The van der Waals surface area contributed by atoms with Crippen molar-refractivity contribution in [3.05, 3.63) is 58.4 Å². The molecule has 2 amide bonds. The molecule has 1 aliphatic rings. The summed E-state index contributed by atoms with van der Waals surface area (Å²) in [7, 11) is 0. The number of benzene rings is 1. The number of anilines is 2. The number of amides is 2. The zero-order chi connectivity index (χ0) is 19.8. The summed E-state index contributed by atoms with van der Waals surface area (Å²) in [6.45, 7) is 9.68. The van der Waals surface area contributed by atoms with E-state index in [1.165, 1.54) is 0 Å². The van der Waals surface area contributed by atoms with E-state index in [1.807, 2.05) is 58.9 Å². The number of hydrogen-bond acceptors (Lipinski definition) is 3. The number of rotatable bonds is 3. The smallest absolute Gasteiger partial charge is 0.256 e. The van der Waals surface area contributed by atoms with Crippen LogP contribution >= 0.6 is 0 Å². The Balaban J connectivity index is 1.89. The summed E-state index contributed by atoms with van der Waals surface area (Å²) in [5, 5.41) is 5.91. The molecule has 0 spiro atoms. The Bertz CT molecular complexity index is 954. The van der Waals surface area contributed by atoms with Gasteiger partial charge in [0, 0.05) is 34.2 Å². The summed E-state index contributed by atoms with van der Waals surface area (Å²) in [6.07, 6.45) is 4.31. The second-order valence-corrected chi connectivity index (χ2v) is 7.98. The summed E-state index contributed by atoms with van der Waals surface area (Å²) in [5.74, 6) is -0.155. The summed E-state index contributed by atoms with van der Waals surface area (Å²) in [5.41, 5.74) is 5.36. The molecule has 27 heavy (non-hydrogen) atoms. The normalized spacial score (nSPS) is 14.8. The Kier molecular flexibility index (Phi) is 4.87. The first-order valence-corrected chi connectivity index (χ1v) is 9.03. The highest BCUT2D eigenvalue weighted by molar-refractivity contribution is 6.07. The minimum Gasteiger partial charge on any atom is -0.325 e. The van der Waals surface area contributed by atoms with Gasteiger partial charge in [-0.2, -0.15) is 0 Å². The largest absolute Gasteiger partial charge is 0.325 e. The first-order valence-electron chi connectivity index (χ1n) is 9.03. The fraction of sp³-hybridized carbons (Fsp3) is 0.318. The third-order valence-electron chi connectivity index (χ3n) is 4.62. The highest BCUT2D eigenvalue weighted by Gasteiger charge is 2.33. The molecule has 1 aliphatic heterocycles. The topological polar surface area (TPSA) is 71.1 Å². The number of fused-ring (bicyclic) bond motifs is 1. The van der Waals surface area contributed by atoms with Crippen molar-refractivity contribution < 1.29 is 9.59 Å². The maximum absolute atomic E-state index is 12.9. The first kappa shape index (κ1) is 18.8. The minimum atomic E-state index is -0.464. The number of allylic oxidation sites excluding steroid dienone is 1. The van der Waals surface area contributed by atoms with Gasteiger partial charge >= 0.3 is 0 Å². The van der Waals surface area contributed by atoms with Crippen LogP contribution < -0.4 is 10.6 Å². The molecule has 0 saturated heterocycles. The van der Waals surface area contributed by atoms with Crippen LogP contribution in [0.4, 0.5) is 11.4 Å². The maximum atomic E-state index is 12.9. The molecule has 2 heterocycles. The highest BCUT2D eigenvalue weighted by atomic mass is 16.2. The number of nitrogens with one attached hydrogen (secondary N) is 2. The van der Waals surface area contributed by atoms with Crippen molar-refractivity contribution in [1.82, 2.24) is 4.98 Å². The first-order chi connectivity index (χ1) is 12.7. The van der Waals surface area contributed by atoms with E-state index in [1.54, 1.807) is 12.3 Å². The molecule has 3 rings (SSSR count). The molecule has 2 N–H and O–H groups in total. The average Bonchev–Trinajstić information content (AvgIpc) is 2.57. The molecule has 0 saturated carbocycles. The molecule has 0 fully saturated rings. The fourth-order valence-electron chi connectivity index (χ4n) is 3.18. The van der Waals surface area contributed by atoms with E-state index in [0.29, 0.717) is 17.7 Å². The SMILES string of the molecule is CC(C)=Cc1cnc(C)cc1C(=O)Nc1ccc2c(c1)CC(C)(C)C(=O)N2. The van der Waals surface area contributed by atoms with Crippen LogP contribution in [0.1, 0.15) is 54.9 Å². The third kappa shape index (κ3) is 4.08. The number of nitrogens with zero attached hydrogens (tertiary/aromatic N) is 1.